The third-order valence-corrected chi connectivity index (χ3v) is 4.33. The minimum Gasteiger partial charge on any atom is -0.358 e. The SMILES string of the molecule is CCN(CC)C(=S)SCC(=O)Nc1ccc(C)c(F)c1. The largest absolute Gasteiger partial charge is 0.358 e. The van der Waals surface area contributed by atoms with Crippen molar-refractivity contribution < 1.29 is 9.18 Å². The maximum absolute atomic E-state index is 13.4. The van der Waals surface area contributed by atoms with Gasteiger partial charge >= 0.3 is 0 Å². The summed E-state index contributed by atoms with van der Waals surface area (Å²) >= 11 is 6.56. The zero-order valence-corrected chi connectivity index (χ0v) is 13.5. The molecule has 0 aliphatic carbocycles. The number of rotatable bonds is 5. The first-order chi connectivity index (χ1) is 9.47. The number of aryl methyl sites for hydroxylation is 1. The summed E-state index contributed by atoms with van der Waals surface area (Å²) in [5, 5.41) is 2.66. The molecule has 1 aromatic rings. The van der Waals surface area contributed by atoms with Crippen LogP contribution in [0.25, 0.3) is 0 Å². The maximum Gasteiger partial charge on any atom is 0.234 e. The Morgan fingerprint density at radius 1 is 1.40 bits per heavy atom. The summed E-state index contributed by atoms with van der Waals surface area (Å²) in [6.07, 6.45) is 0. The normalized spacial score (nSPS) is 10.2. The molecule has 20 heavy (non-hydrogen) atoms. The van der Waals surface area contributed by atoms with Crippen LogP contribution in [0.3, 0.4) is 0 Å². The highest BCUT2D eigenvalue weighted by atomic mass is 32.2. The van der Waals surface area contributed by atoms with Crippen LogP contribution < -0.4 is 5.32 Å². The Morgan fingerprint density at radius 2 is 2.05 bits per heavy atom. The van der Waals surface area contributed by atoms with Gasteiger partial charge in [-0.25, -0.2) is 4.39 Å². The highest BCUT2D eigenvalue weighted by molar-refractivity contribution is 8.23. The van der Waals surface area contributed by atoms with Gasteiger partial charge in [-0.3, -0.25) is 4.79 Å². The molecular formula is C14H19FN2OS2. The Morgan fingerprint density at radius 3 is 2.60 bits per heavy atom. The number of halogens is 1. The molecule has 0 heterocycles. The van der Waals surface area contributed by atoms with Crippen molar-refractivity contribution in [2.45, 2.75) is 20.8 Å². The first-order valence-electron chi connectivity index (χ1n) is 6.45. The zero-order chi connectivity index (χ0) is 15.1. The van der Waals surface area contributed by atoms with E-state index in [1.807, 2.05) is 18.7 Å². The van der Waals surface area contributed by atoms with Crippen LogP contribution in [0.15, 0.2) is 18.2 Å². The predicted molar refractivity (Wildman–Crippen MR) is 87.7 cm³/mol. The molecule has 0 atom stereocenters. The standard InChI is InChI=1S/C14H19FN2OS2/c1-4-17(5-2)14(19)20-9-13(18)16-11-7-6-10(3)12(15)8-11/h6-8H,4-5,9H2,1-3H3,(H,16,18). The molecule has 0 aromatic heterocycles. The Kier molecular flexibility index (Phi) is 6.95. The van der Waals surface area contributed by atoms with Crippen molar-refractivity contribution in [3.8, 4) is 0 Å². The number of hydrogen-bond donors (Lipinski definition) is 1. The van der Waals surface area contributed by atoms with Gasteiger partial charge in [-0.2, -0.15) is 0 Å². The number of amides is 1. The smallest absolute Gasteiger partial charge is 0.234 e. The van der Waals surface area contributed by atoms with Gasteiger partial charge in [0.2, 0.25) is 5.91 Å². The molecule has 0 unspecified atom stereocenters. The maximum atomic E-state index is 13.4. The van der Waals surface area contributed by atoms with E-state index in [9.17, 15) is 9.18 Å². The number of thioether (sulfide) groups is 1. The van der Waals surface area contributed by atoms with Gasteiger partial charge in [-0.1, -0.05) is 30.0 Å². The Bertz CT molecular complexity index is 490. The van der Waals surface area contributed by atoms with E-state index in [-0.39, 0.29) is 17.5 Å². The lowest BCUT2D eigenvalue weighted by Crippen LogP contribution is -2.28. The summed E-state index contributed by atoms with van der Waals surface area (Å²) < 4.78 is 14.1. The second-order valence-corrected chi connectivity index (χ2v) is 5.85. The molecule has 1 amide bonds. The quantitative estimate of drug-likeness (QED) is 0.844. The molecule has 6 heteroatoms. The summed E-state index contributed by atoms with van der Waals surface area (Å²) in [5.74, 6) is -0.285. The van der Waals surface area contributed by atoms with E-state index in [0.29, 0.717) is 15.6 Å². The van der Waals surface area contributed by atoms with Gasteiger partial charge in [-0.15, -0.1) is 0 Å². The van der Waals surface area contributed by atoms with Crippen molar-refractivity contribution in [3.05, 3.63) is 29.6 Å². The molecule has 0 aliphatic heterocycles. The van der Waals surface area contributed by atoms with Crippen molar-refractivity contribution >= 4 is 39.9 Å². The van der Waals surface area contributed by atoms with Crippen LogP contribution in [0.2, 0.25) is 0 Å². The lowest BCUT2D eigenvalue weighted by atomic mass is 10.2. The fourth-order valence-electron chi connectivity index (χ4n) is 1.57. The molecule has 0 saturated heterocycles. The second-order valence-electron chi connectivity index (χ2n) is 4.24. The van der Waals surface area contributed by atoms with E-state index in [1.54, 1.807) is 19.1 Å². The fraction of sp³-hybridized carbons (Fsp3) is 0.429. The molecule has 0 radical (unpaired) electrons. The number of nitrogens with zero attached hydrogens (tertiary/aromatic N) is 1. The van der Waals surface area contributed by atoms with E-state index in [4.69, 9.17) is 12.2 Å². The van der Waals surface area contributed by atoms with E-state index in [2.05, 4.69) is 5.32 Å². The number of anilines is 1. The van der Waals surface area contributed by atoms with Crippen molar-refractivity contribution in [3.63, 3.8) is 0 Å². The lowest BCUT2D eigenvalue weighted by Gasteiger charge is -2.20. The highest BCUT2D eigenvalue weighted by Gasteiger charge is 2.10. The van der Waals surface area contributed by atoms with Crippen molar-refractivity contribution in [2.75, 3.05) is 24.2 Å². The number of carbonyl (C=O) groups excluding carboxylic acids is 1. The first kappa shape index (κ1) is 16.9. The van der Waals surface area contributed by atoms with E-state index in [0.717, 1.165) is 13.1 Å². The van der Waals surface area contributed by atoms with Crippen LogP contribution in [0.1, 0.15) is 19.4 Å². The minimum atomic E-state index is -0.325. The molecule has 0 bridgehead atoms. The average Bonchev–Trinajstić information content (AvgIpc) is 2.42. The van der Waals surface area contributed by atoms with Gasteiger partial charge in [0.15, 0.2) is 0 Å². The molecule has 1 rings (SSSR count). The number of benzene rings is 1. The van der Waals surface area contributed by atoms with Gasteiger partial charge in [0.05, 0.1) is 5.75 Å². The monoisotopic (exact) mass is 314 g/mol. The van der Waals surface area contributed by atoms with Crippen LogP contribution in [0.5, 0.6) is 0 Å². The number of hydrogen-bond acceptors (Lipinski definition) is 3. The minimum absolute atomic E-state index is 0.187. The molecule has 1 aromatic carbocycles. The van der Waals surface area contributed by atoms with Crippen LogP contribution >= 0.6 is 24.0 Å². The summed E-state index contributed by atoms with van der Waals surface area (Å²) in [6, 6.07) is 4.64. The molecule has 0 fully saturated rings. The highest BCUT2D eigenvalue weighted by Crippen LogP contribution is 2.15. The molecule has 1 N–H and O–H groups in total. The zero-order valence-electron chi connectivity index (χ0n) is 11.9. The number of carbonyl (C=O) groups is 1. The summed E-state index contributed by atoms with van der Waals surface area (Å²) in [5.41, 5.74) is 1.02. The molecule has 0 aliphatic rings. The van der Waals surface area contributed by atoms with Crippen LogP contribution in [0.4, 0.5) is 10.1 Å². The Hall–Kier alpha value is -1.14. The van der Waals surface area contributed by atoms with Crippen LogP contribution in [-0.2, 0) is 4.79 Å². The fourth-order valence-corrected chi connectivity index (χ4v) is 2.77. The van der Waals surface area contributed by atoms with Crippen molar-refractivity contribution in [1.82, 2.24) is 4.90 Å². The van der Waals surface area contributed by atoms with Crippen LogP contribution in [0, 0.1) is 12.7 Å². The van der Waals surface area contributed by atoms with Gasteiger partial charge in [0.25, 0.3) is 0 Å². The first-order valence-corrected chi connectivity index (χ1v) is 7.85. The number of nitrogens with one attached hydrogen (secondary N) is 1. The summed E-state index contributed by atoms with van der Waals surface area (Å²) in [7, 11) is 0. The van der Waals surface area contributed by atoms with E-state index in [1.165, 1.54) is 17.8 Å². The third-order valence-electron chi connectivity index (χ3n) is 2.80. The molecule has 0 saturated carbocycles. The summed E-state index contributed by atoms with van der Waals surface area (Å²) in [6.45, 7) is 7.37. The van der Waals surface area contributed by atoms with Crippen LogP contribution in [-0.4, -0.2) is 34.0 Å². The van der Waals surface area contributed by atoms with Gasteiger partial charge in [0, 0.05) is 18.8 Å². The van der Waals surface area contributed by atoms with E-state index < -0.39 is 0 Å². The molecule has 0 spiro atoms. The molecule has 110 valence electrons. The third kappa shape index (κ3) is 5.09. The Labute approximate surface area is 128 Å². The number of thiocarbonyl (C=S) groups is 1. The molecule has 3 nitrogen and oxygen atoms in total. The summed E-state index contributed by atoms with van der Waals surface area (Å²) in [4.78, 5) is 13.8. The predicted octanol–water partition coefficient (Wildman–Crippen LogP) is 3.43. The Balaban J connectivity index is 2.47. The lowest BCUT2D eigenvalue weighted by molar-refractivity contribution is -0.113. The average molecular weight is 314 g/mol. The molecular weight excluding hydrogens is 295 g/mol. The van der Waals surface area contributed by atoms with Crippen molar-refractivity contribution in [1.29, 1.82) is 0 Å². The van der Waals surface area contributed by atoms with Gasteiger partial charge in [0.1, 0.15) is 10.1 Å². The van der Waals surface area contributed by atoms with Gasteiger partial charge in [-0.05, 0) is 38.5 Å². The van der Waals surface area contributed by atoms with E-state index >= 15 is 0 Å². The van der Waals surface area contributed by atoms with Crippen molar-refractivity contribution in [2.24, 2.45) is 0 Å². The van der Waals surface area contributed by atoms with Gasteiger partial charge < -0.3 is 10.2 Å². The topological polar surface area (TPSA) is 32.3 Å². The second kappa shape index (κ2) is 8.21.